The van der Waals surface area contributed by atoms with Crippen LogP contribution in [0.3, 0.4) is 0 Å². The molecule has 3 N–H and O–H groups in total. The number of rotatable bonds is 4. The highest BCUT2D eigenvalue weighted by Gasteiger charge is 2.63. The lowest BCUT2D eigenvalue weighted by Gasteiger charge is -2.40. The topological polar surface area (TPSA) is 38.0 Å². The van der Waals surface area contributed by atoms with Gasteiger partial charge in [0.15, 0.2) is 0 Å². The smallest absolute Gasteiger partial charge is 0.330 e. The summed E-state index contributed by atoms with van der Waals surface area (Å²) in [5.74, 6) is 0.683. The number of nitrogens with two attached hydrogens (primary N) is 1. The SMILES string of the molecule is CC1CCC(CN)(CNC2(C(F)(F)F)CC2)CC1. The maximum absolute atomic E-state index is 12.8. The van der Waals surface area contributed by atoms with Gasteiger partial charge in [-0.05, 0) is 43.6 Å². The first-order valence-corrected chi connectivity index (χ1v) is 6.84. The Balaban J connectivity index is 1.92. The fourth-order valence-corrected chi connectivity index (χ4v) is 2.87. The third-order valence-corrected chi connectivity index (χ3v) is 4.86. The molecule has 2 saturated carbocycles. The third-order valence-electron chi connectivity index (χ3n) is 4.86. The lowest BCUT2D eigenvalue weighted by atomic mass is 9.70. The van der Waals surface area contributed by atoms with Gasteiger partial charge in [-0.2, -0.15) is 13.2 Å². The molecule has 5 heteroatoms. The Bertz CT molecular complexity index is 289. The Hall–Kier alpha value is -0.290. The summed E-state index contributed by atoms with van der Waals surface area (Å²) in [7, 11) is 0. The highest BCUT2D eigenvalue weighted by atomic mass is 19.4. The molecule has 0 aliphatic heterocycles. The molecule has 0 spiro atoms. The van der Waals surface area contributed by atoms with Crippen LogP contribution in [-0.4, -0.2) is 24.8 Å². The molecular weight excluding hydrogens is 241 g/mol. The van der Waals surface area contributed by atoms with E-state index in [4.69, 9.17) is 5.73 Å². The minimum absolute atomic E-state index is 0.118. The molecule has 0 saturated heterocycles. The van der Waals surface area contributed by atoms with E-state index in [0.29, 0.717) is 19.0 Å². The van der Waals surface area contributed by atoms with Crippen molar-refractivity contribution in [1.82, 2.24) is 5.32 Å². The van der Waals surface area contributed by atoms with Crippen molar-refractivity contribution in [1.29, 1.82) is 0 Å². The highest BCUT2D eigenvalue weighted by Crippen LogP contribution is 2.50. The van der Waals surface area contributed by atoms with Crippen molar-refractivity contribution >= 4 is 0 Å². The summed E-state index contributed by atoms with van der Waals surface area (Å²) in [6.07, 6.45) is 0.374. The first-order valence-electron chi connectivity index (χ1n) is 6.84. The zero-order valence-electron chi connectivity index (χ0n) is 10.9. The van der Waals surface area contributed by atoms with Gasteiger partial charge in [0.1, 0.15) is 5.54 Å². The Morgan fingerprint density at radius 2 is 1.72 bits per heavy atom. The average molecular weight is 264 g/mol. The predicted octanol–water partition coefficient (Wildman–Crippen LogP) is 2.83. The van der Waals surface area contributed by atoms with Gasteiger partial charge in [-0.15, -0.1) is 0 Å². The number of halogens is 3. The van der Waals surface area contributed by atoms with Crippen molar-refractivity contribution < 1.29 is 13.2 Å². The molecule has 0 aromatic carbocycles. The van der Waals surface area contributed by atoms with Crippen LogP contribution in [0.15, 0.2) is 0 Å². The van der Waals surface area contributed by atoms with Crippen LogP contribution in [0.2, 0.25) is 0 Å². The average Bonchev–Trinajstić information content (AvgIpc) is 3.10. The zero-order chi connectivity index (χ0) is 13.4. The lowest BCUT2D eigenvalue weighted by Crippen LogP contribution is -2.51. The molecule has 2 rings (SSSR count). The fourth-order valence-electron chi connectivity index (χ4n) is 2.87. The summed E-state index contributed by atoms with van der Waals surface area (Å²) in [5.41, 5.74) is 4.10. The van der Waals surface area contributed by atoms with E-state index in [9.17, 15) is 13.2 Å². The zero-order valence-corrected chi connectivity index (χ0v) is 10.9. The molecule has 0 atom stereocenters. The van der Waals surface area contributed by atoms with Gasteiger partial charge in [0.2, 0.25) is 0 Å². The lowest BCUT2D eigenvalue weighted by molar-refractivity contribution is -0.167. The molecule has 0 amide bonds. The summed E-state index contributed by atoms with van der Waals surface area (Å²) in [6.45, 7) is 3.10. The molecule has 2 aliphatic carbocycles. The summed E-state index contributed by atoms with van der Waals surface area (Å²) >= 11 is 0. The molecule has 2 fully saturated rings. The molecule has 0 aromatic heterocycles. The number of hydrogen-bond donors (Lipinski definition) is 2. The maximum atomic E-state index is 12.8. The molecule has 0 aromatic rings. The second-order valence-corrected chi connectivity index (χ2v) is 6.32. The van der Waals surface area contributed by atoms with Crippen molar-refractivity contribution in [2.75, 3.05) is 13.1 Å². The number of alkyl halides is 3. The molecule has 0 bridgehead atoms. The van der Waals surface area contributed by atoms with E-state index >= 15 is 0 Å². The normalized spacial score (nSPS) is 35.5. The van der Waals surface area contributed by atoms with E-state index in [0.717, 1.165) is 25.7 Å². The molecule has 18 heavy (non-hydrogen) atoms. The Morgan fingerprint density at radius 1 is 1.17 bits per heavy atom. The molecule has 2 aliphatic rings. The monoisotopic (exact) mass is 264 g/mol. The quantitative estimate of drug-likeness (QED) is 0.819. The van der Waals surface area contributed by atoms with Crippen molar-refractivity contribution in [2.45, 2.75) is 57.2 Å². The molecule has 0 unspecified atom stereocenters. The van der Waals surface area contributed by atoms with Gasteiger partial charge in [-0.3, -0.25) is 0 Å². The van der Waals surface area contributed by atoms with Crippen LogP contribution in [0.4, 0.5) is 13.2 Å². The van der Waals surface area contributed by atoms with Gasteiger partial charge in [-0.1, -0.05) is 19.8 Å². The summed E-state index contributed by atoms with van der Waals surface area (Å²) < 4.78 is 38.5. The van der Waals surface area contributed by atoms with Crippen LogP contribution in [0.5, 0.6) is 0 Å². The van der Waals surface area contributed by atoms with Gasteiger partial charge in [-0.25, -0.2) is 0 Å². The van der Waals surface area contributed by atoms with E-state index in [1.165, 1.54) is 0 Å². The van der Waals surface area contributed by atoms with Crippen LogP contribution in [0.1, 0.15) is 45.4 Å². The highest BCUT2D eigenvalue weighted by molar-refractivity contribution is 5.09. The van der Waals surface area contributed by atoms with Crippen molar-refractivity contribution in [2.24, 2.45) is 17.1 Å². The van der Waals surface area contributed by atoms with Crippen molar-refractivity contribution in [3.63, 3.8) is 0 Å². The third kappa shape index (κ3) is 2.67. The number of nitrogens with one attached hydrogen (secondary N) is 1. The second-order valence-electron chi connectivity index (χ2n) is 6.32. The first kappa shape index (κ1) is 14.1. The molecule has 106 valence electrons. The Labute approximate surface area is 106 Å². The second kappa shape index (κ2) is 4.67. The fraction of sp³-hybridized carbons (Fsp3) is 1.00. The van der Waals surface area contributed by atoms with Gasteiger partial charge >= 0.3 is 6.18 Å². The summed E-state index contributed by atoms with van der Waals surface area (Å²) in [5, 5.41) is 2.78. The van der Waals surface area contributed by atoms with Gasteiger partial charge in [0.25, 0.3) is 0 Å². The molecule has 2 nitrogen and oxygen atoms in total. The van der Waals surface area contributed by atoms with Gasteiger partial charge in [0, 0.05) is 6.54 Å². The van der Waals surface area contributed by atoms with E-state index < -0.39 is 11.7 Å². The number of hydrogen-bond acceptors (Lipinski definition) is 2. The van der Waals surface area contributed by atoms with Crippen LogP contribution in [0.25, 0.3) is 0 Å². The van der Waals surface area contributed by atoms with Crippen LogP contribution in [0, 0.1) is 11.3 Å². The summed E-state index contributed by atoms with van der Waals surface area (Å²) in [4.78, 5) is 0. The van der Waals surface area contributed by atoms with E-state index in [1.807, 2.05) is 0 Å². The Morgan fingerprint density at radius 3 is 2.11 bits per heavy atom. The van der Waals surface area contributed by atoms with Crippen LogP contribution in [-0.2, 0) is 0 Å². The molecular formula is C13H23F3N2. The Kier molecular flexibility index (Phi) is 3.67. The maximum Gasteiger partial charge on any atom is 0.406 e. The molecule has 0 heterocycles. The van der Waals surface area contributed by atoms with E-state index in [-0.39, 0.29) is 18.3 Å². The molecule has 0 radical (unpaired) electrons. The largest absolute Gasteiger partial charge is 0.406 e. The van der Waals surface area contributed by atoms with Gasteiger partial charge < -0.3 is 11.1 Å². The van der Waals surface area contributed by atoms with Crippen LogP contribution < -0.4 is 11.1 Å². The predicted molar refractivity (Wildman–Crippen MR) is 65.1 cm³/mol. The van der Waals surface area contributed by atoms with E-state index in [2.05, 4.69) is 12.2 Å². The first-order chi connectivity index (χ1) is 8.33. The van der Waals surface area contributed by atoms with Crippen molar-refractivity contribution in [3.05, 3.63) is 0 Å². The summed E-state index contributed by atoms with van der Waals surface area (Å²) in [6, 6.07) is 0. The standard InChI is InChI=1S/C13H23F3N2/c1-10-2-4-11(8-17,5-3-10)9-18-12(6-7-12)13(14,15)16/h10,18H,2-9,17H2,1H3. The van der Waals surface area contributed by atoms with Crippen LogP contribution >= 0.6 is 0 Å². The minimum atomic E-state index is -4.12. The minimum Gasteiger partial charge on any atom is -0.330 e. The van der Waals surface area contributed by atoms with Crippen molar-refractivity contribution in [3.8, 4) is 0 Å². The van der Waals surface area contributed by atoms with Gasteiger partial charge in [0.05, 0.1) is 0 Å². The van der Waals surface area contributed by atoms with E-state index in [1.54, 1.807) is 0 Å².